The molecule has 0 fully saturated rings. The molecule has 0 aliphatic carbocycles. The Kier molecular flexibility index (Phi) is 6.02. The van der Waals surface area contributed by atoms with Crippen molar-refractivity contribution in [3.63, 3.8) is 0 Å². The van der Waals surface area contributed by atoms with Crippen molar-refractivity contribution in [1.82, 2.24) is 4.72 Å². The normalized spacial score (nSPS) is 15.0. The second kappa shape index (κ2) is 6.90. The van der Waals surface area contributed by atoms with Gasteiger partial charge in [0, 0.05) is 16.2 Å². The lowest BCUT2D eigenvalue weighted by Gasteiger charge is -2.21. The van der Waals surface area contributed by atoms with Crippen LogP contribution in [0.4, 0.5) is 0 Å². The van der Waals surface area contributed by atoms with Gasteiger partial charge in [-0.05, 0) is 26.2 Å². The van der Waals surface area contributed by atoms with Gasteiger partial charge >= 0.3 is 5.97 Å². The van der Waals surface area contributed by atoms with Gasteiger partial charge in [0.25, 0.3) is 0 Å². The highest BCUT2D eigenvalue weighted by atomic mass is 32.2. The molecule has 6 nitrogen and oxygen atoms in total. The van der Waals surface area contributed by atoms with Gasteiger partial charge in [-0.1, -0.05) is 0 Å². The lowest BCUT2D eigenvalue weighted by Crippen LogP contribution is -2.41. The summed E-state index contributed by atoms with van der Waals surface area (Å²) < 4.78 is 27.0. The number of carboxylic acid groups (broad SMARTS) is 1. The average molecular weight is 339 g/mol. The monoisotopic (exact) mass is 339 g/mol. The zero-order chi connectivity index (χ0) is 15.5. The molecular weight excluding hydrogens is 322 g/mol. The number of sulfonamides is 1. The van der Waals surface area contributed by atoms with E-state index in [1.165, 1.54) is 11.8 Å². The van der Waals surface area contributed by atoms with Gasteiger partial charge in [-0.3, -0.25) is 0 Å². The van der Waals surface area contributed by atoms with E-state index in [-0.39, 0.29) is 21.6 Å². The maximum absolute atomic E-state index is 12.2. The fourth-order valence-electron chi connectivity index (χ4n) is 1.66. The Hall–Kier alpha value is -0.610. The molecule has 0 aromatic carbocycles. The average Bonchev–Trinajstić information content (AvgIpc) is 2.73. The molecule has 1 aromatic rings. The van der Waals surface area contributed by atoms with Crippen molar-refractivity contribution in [3.8, 4) is 0 Å². The van der Waals surface area contributed by atoms with Crippen LogP contribution in [0.5, 0.6) is 0 Å². The van der Waals surface area contributed by atoms with Gasteiger partial charge in [0.05, 0.1) is 11.5 Å². The van der Waals surface area contributed by atoms with Crippen LogP contribution in [0.15, 0.2) is 11.0 Å². The van der Waals surface area contributed by atoms with Gasteiger partial charge in [0.1, 0.15) is 4.88 Å². The molecule has 0 spiro atoms. The molecule has 2 atom stereocenters. The Morgan fingerprint density at radius 3 is 2.55 bits per heavy atom. The van der Waals surface area contributed by atoms with Crippen LogP contribution in [-0.2, 0) is 10.0 Å². The van der Waals surface area contributed by atoms with Crippen LogP contribution >= 0.6 is 23.1 Å². The van der Waals surface area contributed by atoms with Crippen LogP contribution in [0, 0.1) is 6.92 Å². The fraction of sp³-hybridized carbons (Fsp3) is 0.545. The second-order valence-electron chi connectivity index (χ2n) is 4.20. The molecule has 0 radical (unpaired) electrons. The molecule has 1 rings (SSSR count). The van der Waals surface area contributed by atoms with E-state index in [1.54, 1.807) is 20.1 Å². The number of carboxylic acids is 1. The summed E-state index contributed by atoms with van der Waals surface area (Å²) in [5, 5.41) is 17.8. The van der Waals surface area contributed by atoms with Crippen molar-refractivity contribution in [2.75, 3.05) is 12.9 Å². The summed E-state index contributed by atoms with van der Waals surface area (Å²) in [5.41, 5.74) is 0. The summed E-state index contributed by atoms with van der Waals surface area (Å²) in [4.78, 5) is 11.3. The van der Waals surface area contributed by atoms with Crippen molar-refractivity contribution >= 4 is 39.1 Å². The molecule has 3 N–H and O–H groups in total. The SMILES string of the molecule is CSC(CO)C(C)NS(=O)(=O)c1cc(C(=O)O)sc1C. The third-order valence-electron chi connectivity index (χ3n) is 2.75. The van der Waals surface area contributed by atoms with Gasteiger partial charge in [-0.15, -0.1) is 11.3 Å². The summed E-state index contributed by atoms with van der Waals surface area (Å²) in [6.07, 6.45) is 1.78. The van der Waals surface area contributed by atoms with Crippen molar-refractivity contribution < 1.29 is 23.4 Å². The summed E-state index contributed by atoms with van der Waals surface area (Å²) >= 11 is 2.28. The standard InChI is InChI=1S/C11H17NO5S3/c1-6(9(5-13)18-3)12-20(16,17)10-4-8(11(14)15)19-7(10)2/h4,6,9,12-13H,5H2,1-3H3,(H,14,15). The van der Waals surface area contributed by atoms with Crippen molar-refractivity contribution in [2.45, 2.75) is 30.0 Å². The van der Waals surface area contributed by atoms with Crippen LogP contribution < -0.4 is 4.72 Å². The summed E-state index contributed by atoms with van der Waals surface area (Å²) in [7, 11) is -3.80. The molecule has 0 saturated heterocycles. The van der Waals surface area contributed by atoms with E-state index in [0.717, 1.165) is 17.4 Å². The summed E-state index contributed by atoms with van der Waals surface area (Å²) in [6, 6.07) is 0.692. The highest BCUT2D eigenvalue weighted by Gasteiger charge is 2.26. The number of hydrogen-bond acceptors (Lipinski definition) is 6. The van der Waals surface area contributed by atoms with Gasteiger partial charge in [0.15, 0.2) is 0 Å². The van der Waals surface area contributed by atoms with Crippen LogP contribution in [0.1, 0.15) is 21.5 Å². The number of nitrogens with one attached hydrogen (secondary N) is 1. The third kappa shape index (κ3) is 3.95. The number of aromatic carboxylic acids is 1. The number of rotatable bonds is 7. The zero-order valence-corrected chi connectivity index (χ0v) is 13.7. The predicted octanol–water partition coefficient (Wildman–Crippen LogP) is 1.15. The zero-order valence-electron chi connectivity index (χ0n) is 11.3. The minimum absolute atomic E-state index is 0.0147. The molecule has 0 aliphatic rings. The number of aryl methyl sites for hydroxylation is 1. The van der Waals surface area contributed by atoms with Crippen LogP contribution in [-0.4, -0.2) is 48.8 Å². The molecule has 0 saturated carbocycles. The van der Waals surface area contributed by atoms with E-state index in [9.17, 15) is 13.2 Å². The minimum Gasteiger partial charge on any atom is -0.477 e. The topological polar surface area (TPSA) is 104 Å². The highest BCUT2D eigenvalue weighted by Crippen LogP contribution is 2.26. The van der Waals surface area contributed by atoms with Gasteiger partial charge in [-0.2, -0.15) is 11.8 Å². The Bertz CT molecular complexity index is 577. The molecule has 1 heterocycles. The van der Waals surface area contributed by atoms with E-state index in [0.29, 0.717) is 4.88 Å². The van der Waals surface area contributed by atoms with Crippen molar-refractivity contribution in [1.29, 1.82) is 0 Å². The fourth-order valence-corrected chi connectivity index (χ4v) is 5.08. The number of thiophene rings is 1. The first-order valence-corrected chi connectivity index (χ1v) is 9.31. The number of aliphatic hydroxyl groups excluding tert-OH is 1. The molecule has 20 heavy (non-hydrogen) atoms. The van der Waals surface area contributed by atoms with E-state index in [4.69, 9.17) is 10.2 Å². The minimum atomic E-state index is -3.80. The maximum atomic E-state index is 12.2. The number of thioether (sulfide) groups is 1. The van der Waals surface area contributed by atoms with Crippen LogP contribution in [0.3, 0.4) is 0 Å². The number of hydrogen-bond donors (Lipinski definition) is 3. The Labute approximate surface area is 126 Å². The van der Waals surface area contributed by atoms with E-state index in [1.807, 2.05) is 0 Å². The van der Waals surface area contributed by atoms with Crippen molar-refractivity contribution in [2.24, 2.45) is 0 Å². The smallest absolute Gasteiger partial charge is 0.345 e. The third-order valence-corrected chi connectivity index (χ3v) is 6.77. The molecule has 9 heteroatoms. The Balaban J connectivity index is 3.02. The quantitative estimate of drug-likeness (QED) is 0.688. The molecule has 0 aliphatic heterocycles. The van der Waals surface area contributed by atoms with Crippen LogP contribution in [0.2, 0.25) is 0 Å². The first-order valence-electron chi connectivity index (χ1n) is 5.72. The first-order chi connectivity index (χ1) is 9.22. The first kappa shape index (κ1) is 17.4. The Morgan fingerprint density at radius 1 is 1.55 bits per heavy atom. The lowest BCUT2D eigenvalue weighted by molar-refractivity contribution is 0.0702. The van der Waals surface area contributed by atoms with Gasteiger partial charge in [-0.25, -0.2) is 17.9 Å². The van der Waals surface area contributed by atoms with Crippen molar-refractivity contribution in [3.05, 3.63) is 15.8 Å². The molecule has 1 aromatic heterocycles. The molecule has 0 bridgehead atoms. The predicted molar refractivity (Wildman–Crippen MR) is 80.2 cm³/mol. The van der Waals surface area contributed by atoms with E-state index < -0.39 is 22.0 Å². The molecule has 114 valence electrons. The molecule has 0 amide bonds. The summed E-state index contributed by atoms with van der Waals surface area (Å²) in [5.74, 6) is -1.15. The molecular formula is C11H17NO5S3. The van der Waals surface area contributed by atoms with E-state index in [2.05, 4.69) is 4.72 Å². The summed E-state index contributed by atoms with van der Waals surface area (Å²) in [6.45, 7) is 3.08. The highest BCUT2D eigenvalue weighted by molar-refractivity contribution is 7.99. The van der Waals surface area contributed by atoms with Crippen LogP contribution in [0.25, 0.3) is 0 Å². The largest absolute Gasteiger partial charge is 0.477 e. The maximum Gasteiger partial charge on any atom is 0.345 e. The molecule has 2 unspecified atom stereocenters. The second-order valence-corrected chi connectivity index (χ2v) is 8.22. The van der Waals surface area contributed by atoms with E-state index >= 15 is 0 Å². The number of aliphatic hydroxyl groups is 1. The van der Waals surface area contributed by atoms with Gasteiger partial charge in [0.2, 0.25) is 10.0 Å². The van der Waals surface area contributed by atoms with Gasteiger partial charge < -0.3 is 10.2 Å². The lowest BCUT2D eigenvalue weighted by atomic mass is 10.3. The Morgan fingerprint density at radius 2 is 2.15 bits per heavy atom. The number of carbonyl (C=O) groups is 1.